The van der Waals surface area contributed by atoms with E-state index in [2.05, 4.69) is 11.0 Å². The summed E-state index contributed by atoms with van der Waals surface area (Å²) in [6.45, 7) is 1.73. The third-order valence-corrected chi connectivity index (χ3v) is 3.83. The number of carbonyl (C=O) groups excluding carboxylic acids is 1. The number of hydrogen-bond acceptors (Lipinski definition) is 3. The Labute approximate surface area is 96.8 Å². The minimum absolute atomic E-state index is 0.125. The molecule has 0 spiro atoms. The molecule has 0 aromatic carbocycles. The molecule has 1 amide bonds. The summed E-state index contributed by atoms with van der Waals surface area (Å²) in [5, 5.41) is 8.84. The van der Waals surface area contributed by atoms with E-state index in [1.165, 1.54) is 25.7 Å². The van der Waals surface area contributed by atoms with Gasteiger partial charge in [0, 0.05) is 26.2 Å². The lowest BCUT2D eigenvalue weighted by molar-refractivity contribution is -0.141. The van der Waals surface area contributed by atoms with Crippen molar-refractivity contribution in [2.45, 2.75) is 44.2 Å². The zero-order valence-electron chi connectivity index (χ0n) is 9.85. The standard InChI is InChI=1S/C12H19N3O/c1-14-8-9-15(10-4-2-3-5-10)11(6-7-13)12(14)16/h10-11H,2-6,8-9H2,1H3. The van der Waals surface area contributed by atoms with Crippen molar-refractivity contribution in [3.63, 3.8) is 0 Å². The topological polar surface area (TPSA) is 47.3 Å². The van der Waals surface area contributed by atoms with Crippen molar-refractivity contribution in [3.8, 4) is 6.07 Å². The first-order valence-electron chi connectivity index (χ1n) is 6.11. The molecule has 0 aromatic heterocycles. The average molecular weight is 221 g/mol. The second-order valence-electron chi connectivity index (χ2n) is 4.81. The summed E-state index contributed by atoms with van der Waals surface area (Å²) in [7, 11) is 1.83. The maximum absolute atomic E-state index is 12.0. The zero-order chi connectivity index (χ0) is 11.5. The van der Waals surface area contributed by atoms with Crippen LogP contribution >= 0.6 is 0 Å². The van der Waals surface area contributed by atoms with E-state index >= 15 is 0 Å². The van der Waals surface area contributed by atoms with Crippen molar-refractivity contribution in [3.05, 3.63) is 0 Å². The summed E-state index contributed by atoms with van der Waals surface area (Å²) in [5.41, 5.74) is 0. The average Bonchev–Trinajstić information content (AvgIpc) is 2.79. The van der Waals surface area contributed by atoms with Gasteiger partial charge in [0.25, 0.3) is 0 Å². The minimum atomic E-state index is -0.188. The van der Waals surface area contributed by atoms with E-state index in [0.29, 0.717) is 12.5 Å². The van der Waals surface area contributed by atoms with Gasteiger partial charge in [0.2, 0.25) is 5.91 Å². The molecule has 2 fully saturated rings. The third-order valence-electron chi connectivity index (χ3n) is 3.83. The highest BCUT2D eigenvalue weighted by atomic mass is 16.2. The Kier molecular flexibility index (Phi) is 3.45. The molecule has 4 heteroatoms. The predicted octanol–water partition coefficient (Wildman–Crippen LogP) is 0.985. The molecule has 1 aliphatic heterocycles. The van der Waals surface area contributed by atoms with Gasteiger partial charge in [-0.2, -0.15) is 5.26 Å². The largest absolute Gasteiger partial charge is 0.343 e. The van der Waals surface area contributed by atoms with Crippen LogP contribution in [-0.2, 0) is 4.79 Å². The molecule has 1 unspecified atom stereocenters. The lowest BCUT2D eigenvalue weighted by atomic mass is 10.0. The van der Waals surface area contributed by atoms with Gasteiger partial charge in [-0.3, -0.25) is 9.69 Å². The SMILES string of the molecule is CN1CCN(C2CCCC2)C(CC#N)C1=O. The number of piperazine rings is 1. The van der Waals surface area contributed by atoms with Crippen LogP contribution in [0.3, 0.4) is 0 Å². The number of rotatable bonds is 2. The summed E-state index contributed by atoms with van der Waals surface area (Å²) in [4.78, 5) is 16.0. The van der Waals surface area contributed by atoms with Gasteiger partial charge in [-0.15, -0.1) is 0 Å². The fourth-order valence-corrected chi connectivity index (χ4v) is 2.89. The van der Waals surface area contributed by atoms with E-state index in [-0.39, 0.29) is 11.9 Å². The highest BCUT2D eigenvalue weighted by Crippen LogP contribution is 2.27. The first-order valence-corrected chi connectivity index (χ1v) is 6.11. The van der Waals surface area contributed by atoms with Gasteiger partial charge >= 0.3 is 0 Å². The molecule has 0 N–H and O–H groups in total. The van der Waals surface area contributed by atoms with Crippen LogP contribution in [0.2, 0.25) is 0 Å². The van der Waals surface area contributed by atoms with Crippen LogP contribution in [0.5, 0.6) is 0 Å². The summed E-state index contributed by atoms with van der Waals surface area (Å²) < 4.78 is 0. The van der Waals surface area contributed by atoms with Crippen LogP contribution in [0.25, 0.3) is 0 Å². The van der Waals surface area contributed by atoms with Gasteiger partial charge in [-0.25, -0.2) is 0 Å². The van der Waals surface area contributed by atoms with E-state index in [4.69, 9.17) is 5.26 Å². The van der Waals surface area contributed by atoms with Gasteiger partial charge < -0.3 is 4.90 Å². The van der Waals surface area contributed by atoms with Crippen molar-refractivity contribution in [1.82, 2.24) is 9.80 Å². The smallest absolute Gasteiger partial charge is 0.240 e. The second kappa shape index (κ2) is 4.84. The maximum Gasteiger partial charge on any atom is 0.240 e. The highest BCUT2D eigenvalue weighted by molar-refractivity contribution is 5.82. The van der Waals surface area contributed by atoms with Crippen LogP contribution < -0.4 is 0 Å². The van der Waals surface area contributed by atoms with Gasteiger partial charge in [-0.1, -0.05) is 12.8 Å². The van der Waals surface area contributed by atoms with E-state index in [1.54, 1.807) is 4.90 Å². The number of carbonyl (C=O) groups is 1. The summed E-state index contributed by atoms with van der Waals surface area (Å²) >= 11 is 0. The molecule has 4 nitrogen and oxygen atoms in total. The number of nitriles is 1. The molecule has 2 aliphatic rings. The monoisotopic (exact) mass is 221 g/mol. The van der Waals surface area contributed by atoms with Crippen molar-refractivity contribution >= 4 is 5.91 Å². The van der Waals surface area contributed by atoms with Gasteiger partial charge in [0.05, 0.1) is 12.5 Å². The Hall–Kier alpha value is -1.08. The Morgan fingerprint density at radius 2 is 2.06 bits per heavy atom. The van der Waals surface area contributed by atoms with Gasteiger partial charge in [0.15, 0.2) is 0 Å². The van der Waals surface area contributed by atoms with Gasteiger partial charge in [-0.05, 0) is 12.8 Å². The fraction of sp³-hybridized carbons (Fsp3) is 0.833. The minimum Gasteiger partial charge on any atom is -0.343 e. The number of amides is 1. The molecule has 1 saturated carbocycles. The Balaban J connectivity index is 2.09. The van der Waals surface area contributed by atoms with Crippen molar-refractivity contribution in [2.75, 3.05) is 20.1 Å². The highest BCUT2D eigenvalue weighted by Gasteiger charge is 2.37. The molecular formula is C12H19N3O. The number of nitrogens with zero attached hydrogens (tertiary/aromatic N) is 3. The molecule has 1 saturated heterocycles. The number of hydrogen-bond donors (Lipinski definition) is 0. The summed E-state index contributed by atoms with van der Waals surface area (Å²) in [6.07, 6.45) is 5.26. The first-order chi connectivity index (χ1) is 7.74. The molecule has 88 valence electrons. The van der Waals surface area contributed by atoms with E-state index < -0.39 is 0 Å². The zero-order valence-corrected chi connectivity index (χ0v) is 9.85. The van der Waals surface area contributed by atoms with Crippen LogP contribution in [0.15, 0.2) is 0 Å². The molecule has 1 heterocycles. The lowest BCUT2D eigenvalue weighted by Gasteiger charge is -2.41. The van der Waals surface area contributed by atoms with Crippen molar-refractivity contribution in [2.24, 2.45) is 0 Å². The quantitative estimate of drug-likeness (QED) is 0.698. The number of likely N-dealkylation sites (N-methyl/N-ethyl adjacent to an activating group) is 1. The summed E-state index contributed by atoms with van der Waals surface area (Å²) in [5.74, 6) is 0.125. The Bertz CT molecular complexity index is 304. The van der Waals surface area contributed by atoms with Crippen LogP contribution in [0, 0.1) is 11.3 Å². The molecule has 0 radical (unpaired) electrons. The molecular weight excluding hydrogens is 202 g/mol. The molecule has 16 heavy (non-hydrogen) atoms. The van der Waals surface area contributed by atoms with Crippen LogP contribution in [0.1, 0.15) is 32.1 Å². The molecule has 0 aromatic rings. The molecule has 0 bridgehead atoms. The van der Waals surface area contributed by atoms with Crippen molar-refractivity contribution < 1.29 is 4.79 Å². The Morgan fingerprint density at radius 1 is 1.38 bits per heavy atom. The second-order valence-corrected chi connectivity index (χ2v) is 4.81. The lowest BCUT2D eigenvalue weighted by Crippen LogP contribution is -2.58. The van der Waals surface area contributed by atoms with Crippen LogP contribution in [-0.4, -0.2) is 47.9 Å². The summed E-state index contributed by atoms with van der Waals surface area (Å²) in [6, 6.07) is 2.50. The first kappa shape index (κ1) is 11.4. The van der Waals surface area contributed by atoms with Gasteiger partial charge in [0.1, 0.15) is 6.04 Å². The van der Waals surface area contributed by atoms with Crippen molar-refractivity contribution in [1.29, 1.82) is 5.26 Å². The van der Waals surface area contributed by atoms with E-state index in [0.717, 1.165) is 13.1 Å². The maximum atomic E-state index is 12.0. The normalized spacial score (nSPS) is 28.4. The van der Waals surface area contributed by atoms with E-state index in [1.807, 2.05) is 7.05 Å². The predicted molar refractivity (Wildman–Crippen MR) is 60.6 cm³/mol. The molecule has 1 aliphatic carbocycles. The van der Waals surface area contributed by atoms with Crippen LogP contribution in [0.4, 0.5) is 0 Å². The Morgan fingerprint density at radius 3 is 2.69 bits per heavy atom. The fourth-order valence-electron chi connectivity index (χ4n) is 2.89. The third kappa shape index (κ3) is 2.05. The molecule has 1 atom stereocenters. The van der Waals surface area contributed by atoms with E-state index in [9.17, 15) is 4.79 Å². The molecule has 2 rings (SSSR count).